The monoisotopic (exact) mass is 312 g/mol. The minimum atomic E-state index is 0.340. The Hall–Kier alpha value is -0.370. The molecule has 0 aromatic heterocycles. The largest absolute Gasteiger partial charge is 0.379 e. The highest BCUT2D eigenvalue weighted by atomic mass is 16.5. The summed E-state index contributed by atoms with van der Waals surface area (Å²) in [5.74, 6) is 0.340. The molecule has 1 atom stereocenters. The van der Waals surface area contributed by atoms with Gasteiger partial charge < -0.3 is 9.53 Å². The van der Waals surface area contributed by atoms with Crippen LogP contribution in [0.25, 0.3) is 0 Å². The third-order valence-electron chi connectivity index (χ3n) is 4.34. The first-order chi connectivity index (χ1) is 10.7. The molecule has 0 spiro atoms. The van der Waals surface area contributed by atoms with E-state index in [4.69, 9.17) is 4.74 Å². The molecular weight excluding hydrogens is 272 g/mol. The molecule has 0 saturated heterocycles. The van der Waals surface area contributed by atoms with Crippen LogP contribution in [0, 0.1) is 0 Å². The van der Waals surface area contributed by atoms with E-state index in [1.807, 2.05) is 0 Å². The van der Waals surface area contributed by atoms with Gasteiger partial charge in [-0.15, -0.1) is 0 Å². The van der Waals surface area contributed by atoms with Gasteiger partial charge in [0.1, 0.15) is 5.78 Å². The van der Waals surface area contributed by atoms with E-state index in [-0.39, 0.29) is 0 Å². The first-order valence-electron chi connectivity index (χ1n) is 9.77. The molecule has 0 radical (unpaired) electrons. The molecule has 0 fully saturated rings. The Kier molecular flexibility index (Phi) is 16.7. The SMILES string of the molecule is CCOC(C)CCCCCCCCCCCCCCC(C)=O. The smallest absolute Gasteiger partial charge is 0.129 e. The lowest BCUT2D eigenvalue weighted by Crippen LogP contribution is -2.07. The van der Waals surface area contributed by atoms with E-state index in [2.05, 4.69) is 13.8 Å². The fourth-order valence-corrected chi connectivity index (χ4v) is 2.94. The van der Waals surface area contributed by atoms with Crippen LogP contribution in [-0.2, 0) is 9.53 Å². The summed E-state index contributed by atoms with van der Waals surface area (Å²) in [5.41, 5.74) is 0. The molecule has 0 aliphatic rings. The molecule has 0 saturated carbocycles. The highest BCUT2D eigenvalue weighted by molar-refractivity contribution is 5.75. The molecule has 0 aliphatic heterocycles. The zero-order valence-electron chi connectivity index (χ0n) is 15.5. The Balaban J connectivity index is 3.04. The summed E-state index contributed by atoms with van der Waals surface area (Å²) >= 11 is 0. The molecule has 0 rings (SSSR count). The highest BCUT2D eigenvalue weighted by Gasteiger charge is 2.00. The van der Waals surface area contributed by atoms with Gasteiger partial charge in [0.25, 0.3) is 0 Å². The second-order valence-corrected chi connectivity index (χ2v) is 6.75. The maximum absolute atomic E-state index is 10.8. The third-order valence-corrected chi connectivity index (χ3v) is 4.34. The van der Waals surface area contributed by atoms with Gasteiger partial charge in [0.05, 0.1) is 6.10 Å². The molecular formula is C20H40O2. The maximum atomic E-state index is 10.8. The van der Waals surface area contributed by atoms with Crippen LogP contribution in [0.2, 0.25) is 0 Å². The lowest BCUT2D eigenvalue weighted by molar-refractivity contribution is -0.117. The molecule has 0 N–H and O–H groups in total. The lowest BCUT2D eigenvalue weighted by Gasteiger charge is -2.10. The molecule has 2 nitrogen and oxygen atoms in total. The van der Waals surface area contributed by atoms with E-state index in [9.17, 15) is 4.79 Å². The third kappa shape index (κ3) is 17.7. The average Bonchev–Trinajstić information content (AvgIpc) is 2.47. The van der Waals surface area contributed by atoms with Crippen molar-refractivity contribution in [3.05, 3.63) is 0 Å². The van der Waals surface area contributed by atoms with Gasteiger partial charge in [-0.1, -0.05) is 70.6 Å². The van der Waals surface area contributed by atoms with Crippen LogP contribution in [0.4, 0.5) is 0 Å². The number of hydrogen-bond donors (Lipinski definition) is 0. The number of hydrogen-bond acceptors (Lipinski definition) is 2. The van der Waals surface area contributed by atoms with E-state index in [0.717, 1.165) is 19.4 Å². The van der Waals surface area contributed by atoms with Crippen molar-refractivity contribution in [2.24, 2.45) is 0 Å². The van der Waals surface area contributed by atoms with E-state index >= 15 is 0 Å². The first kappa shape index (κ1) is 21.6. The summed E-state index contributed by atoms with van der Waals surface area (Å²) in [6.45, 7) is 6.80. The van der Waals surface area contributed by atoms with Gasteiger partial charge in [0.15, 0.2) is 0 Å². The molecule has 0 aromatic rings. The van der Waals surface area contributed by atoms with Crippen LogP contribution in [0.3, 0.4) is 0 Å². The van der Waals surface area contributed by atoms with Crippen molar-refractivity contribution in [3.63, 3.8) is 0 Å². The van der Waals surface area contributed by atoms with Crippen molar-refractivity contribution in [2.45, 2.75) is 117 Å². The fourth-order valence-electron chi connectivity index (χ4n) is 2.94. The Labute approximate surface area is 139 Å². The maximum Gasteiger partial charge on any atom is 0.129 e. The number of unbranched alkanes of at least 4 members (excludes halogenated alkanes) is 11. The van der Waals surface area contributed by atoms with Crippen LogP contribution in [0.5, 0.6) is 0 Å². The van der Waals surface area contributed by atoms with Crippen molar-refractivity contribution in [3.8, 4) is 0 Å². The highest BCUT2D eigenvalue weighted by Crippen LogP contribution is 2.13. The number of carbonyl (C=O) groups excluding carboxylic acids is 1. The van der Waals surface area contributed by atoms with E-state index in [1.165, 1.54) is 77.0 Å². The van der Waals surface area contributed by atoms with Gasteiger partial charge in [-0.25, -0.2) is 0 Å². The lowest BCUT2D eigenvalue weighted by atomic mass is 10.0. The van der Waals surface area contributed by atoms with E-state index < -0.39 is 0 Å². The van der Waals surface area contributed by atoms with E-state index in [1.54, 1.807) is 6.92 Å². The summed E-state index contributed by atoms with van der Waals surface area (Å²) in [6, 6.07) is 0. The average molecular weight is 313 g/mol. The van der Waals surface area contributed by atoms with Gasteiger partial charge >= 0.3 is 0 Å². The molecule has 0 amide bonds. The predicted octanol–water partition coefficient (Wildman–Crippen LogP) is 6.46. The summed E-state index contributed by atoms with van der Waals surface area (Å²) in [7, 11) is 0. The van der Waals surface area contributed by atoms with Crippen molar-refractivity contribution in [1.82, 2.24) is 0 Å². The molecule has 0 aromatic carbocycles. The van der Waals surface area contributed by atoms with Crippen LogP contribution >= 0.6 is 0 Å². The molecule has 0 aliphatic carbocycles. The second-order valence-electron chi connectivity index (χ2n) is 6.75. The zero-order valence-corrected chi connectivity index (χ0v) is 15.5. The van der Waals surface area contributed by atoms with Gasteiger partial charge in [0, 0.05) is 13.0 Å². The van der Waals surface area contributed by atoms with Crippen LogP contribution < -0.4 is 0 Å². The Morgan fingerprint density at radius 3 is 1.59 bits per heavy atom. The summed E-state index contributed by atoms with van der Waals surface area (Å²) < 4.78 is 5.54. The summed E-state index contributed by atoms with van der Waals surface area (Å²) in [6.07, 6.45) is 18.5. The minimum absolute atomic E-state index is 0.340. The first-order valence-corrected chi connectivity index (χ1v) is 9.77. The number of rotatable bonds is 17. The number of Topliss-reactive ketones (excluding diaryl/α,β-unsaturated/α-hetero) is 1. The van der Waals surface area contributed by atoms with Gasteiger partial charge in [-0.2, -0.15) is 0 Å². The van der Waals surface area contributed by atoms with Crippen molar-refractivity contribution in [1.29, 1.82) is 0 Å². The Morgan fingerprint density at radius 2 is 1.18 bits per heavy atom. The molecule has 22 heavy (non-hydrogen) atoms. The second kappa shape index (κ2) is 17.0. The van der Waals surface area contributed by atoms with Crippen molar-refractivity contribution < 1.29 is 9.53 Å². The van der Waals surface area contributed by atoms with Crippen LogP contribution in [0.15, 0.2) is 0 Å². The summed E-state index contributed by atoms with van der Waals surface area (Å²) in [4.78, 5) is 10.8. The number of carbonyl (C=O) groups is 1. The van der Waals surface area contributed by atoms with Crippen molar-refractivity contribution >= 4 is 5.78 Å². The molecule has 2 heteroatoms. The fraction of sp³-hybridized carbons (Fsp3) is 0.950. The molecule has 132 valence electrons. The Bertz CT molecular complexity index is 238. The van der Waals surface area contributed by atoms with Gasteiger partial charge in [-0.05, 0) is 33.6 Å². The number of ketones is 1. The van der Waals surface area contributed by atoms with Crippen LogP contribution in [-0.4, -0.2) is 18.5 Å². The van der Waals surface area contributed by atoms with E-state index in [0.29, 0.717) is 11.9 Å². The van der Waals surface area contributed by atoms with Gasteiger partial charge in [-0.3, -0.25) is 0 Å². The molecule has 0 bridgehead atoms. The standard InChI is InChI=1S/C20H40O2/c1-4-22-20(3)18-16-14-12-10-8-6-5-7-9-11-13-15-17-19(2)21/h20H,4-18H2,1-3H3. The normalized spacial score (nSPS) is 12.5. The van der Waals surface area contributed by atoms with Crippen LogP contribution in [0.1, 0.15) is 111 Å². The van der Waals surface area contributed by atoms with Gasteiger partial charge in [0.2, 0.25) is 0 Å². The summed E-state index contributed by atoms with van der Waals surface area (Å²) in [5, 5.41) is 0. The molecule has 1 unspecified atom stereocenters. The Morgan fingerprint density at radius 1 is 0.773 bits per heavy atom. The molecule has 0 heterocycles. The van der Waals surface area contributed by atoms with Crippen molar-refractivity contribution in [2.75, 3.05) is 6.61 Å². The zero-order chi connectivity index (χ0) is 16.5. The number of ether oxygens (including phenoxy) is 1. The minimum Gasteiger partial charge on any atom is -0.379 e. The quantitative estimate of drug-likeness (QED) is 0.288. The predicted molar refractivity (Wildman–Crippen MR) is 96.4 cm³/mol. The topological polar surface area (TPSA) is 26.3 Å².